The third-order valence-electron chi connectivity index (χ3n) is 6.64. The molecule has 0 aromatic heterocycles. The summed E-state index contributed by atoms with van der Waals surface area (Å²) < 4.78 is 10.7. The van der Waals surface area contributed by atoms with E-state index in [0.29, 0.717) is 17.9 Å². The summed E-state index contributed by atoms with van der Waals surface area (Å²) in [4.78, 5) is 28.3. The number of ketones is 1. The molecule has 198 valence electrons. The number of ether oxygens (including phenoxy) is 2. The van der Waals surface area contributed by atoms with E-state index in [-0.39, 0.29) is 28.3 Å². The van der Waals surface area contributed by atoms with Crippen LogP contribution >= 0.6 is 11.6 Å². The second-order valence-electron chi connectivity index (χ2n) is 10.2. The van der Waals surface area contributed by atoms with Gasteiger partial charge in [0.1, 0.15) is 17.3 Å². The van der Waals surface area contributed by atoms with Gasteiger partial charge in [-0.15, -0.1) is 0 Å². The van der Waals surface area contributed by atoms with Crippen LogP contribution in [0.2, 0.25) is 5.02 Å². The largest absolute Gasteiger partial charge is 0.507 e. The SMILES string of the molecule is CCOc1ccc(CN2C(=O)C(=O)/C(=C(\O)c3ccc(OC)c(Cl)c3)C2c2ccc(C(C)(C)C)cc2)cc1. The van der Waals surface area contributed by atoms with Gasteiger partial charge in [-0.3, -0.25) is 9.59 Å². The Balaban J connectivity index is 1.82. The van der Waals surface area contributed by atoms with Crippen LogP contribution in [0, 0.1) is 0 Å². The van der Waals surface area contributed by atoms with Crippen molar-refractivity contribution in [3.63, 3.8) is 0 Å². The molecule has 1 saturated heterocycles. The number of aliphatic hydroxyl groups is 1. The second-order valence-corrected chi connectivity index (χ2v) is 10.6. The van der Waals surface area contributed by atoms with Crippen LogP contribution in [0.5, 0.6) is 11.5 Å². The Morgan fingerprint density at radius 1 is 1.00 bits per heavy atom. The minimum absolute atomic E-state index is 0.0191. The summed E-state index contributed by atoms with van der Waals surface area (Å²) in [6, 6.07) is 19.2. The van der Waals surface area contributed by atoms with E-state index >= 15 is 0 Å². The normalized spacial score (nSPS) is 17.1. The summed E-state index contributed by atoms with van der Waals surface area (Å²) in [5.74, 6) is -0.542. The van der Waals surface area contributed by atoms with Crippen molar-refractivity contribution in [3.8, 4) is 11.5 Å². The van der Waals surface area contributed by atoms with Gasteiger partial charge in [0, 0.05) is 12.1 Å². The first-order valence-electron chi connectivity index (χ1n) is 12.5. The summed E-state index contributed by atoms with van der Waals surface area (Å²) in [7, 11) is 1.49. The summed E-state index contributed by atoms with van der Waals surface area (Å²) >= 11 is 6.30. The van der Waals surface area contributed by atoms with Crippen LogP contribution in [-0.2, 0) is 21.5 Å². The first-order valence-corrected chi connectivity index (χ1v) is 12.9. The molecular weight excluding hydrogens is 502 g/mol. The maximum Gasteiger partial charge on any atom is 0.295 e. The Hall–Kier alpha value is -3.77. The van der Waals surface area contributed by atoms with Gasteiger partial charge >= 0.3 is 0 Å². The van der Waals surface area contributed by atoms with E-state index in [0.717, 1.165) is 22.4 Å². The Morgan fingerprint density at radius 3 is 2.21 bits per heavy atom. The van der Waals surface area contributed by atoms with Crippen molar-refractivity contribution in [1.82, 2.24) is 4.90 Å². The predicted molar refractivity (Wildman–Crippen MR) is 149 cm³/mol. The number of halogens is 1. The standard InChI is InChI=1S/C31H32ClNO5/c1-6-38-23-14-7-19(8-15-23)18-33-27(20-9-12-22(13-10-20)31(2,3)4)26(29(35)30(33)36)28(34)21-11-16-25(37-5)24(32)17-21/h7-17,27,34H,6,18H2,1-5H3/b28-26-. The zero-order valence-corrected chi connectivity index (χ0v) is 23.0. The van der Waals surface area contributed by atoms with E-state index in [9.17, 15) is 14.7 Å². The summed E-state index contributed by atoms with van der Waals surface area (Å²) in [5, 5.41) is 11.6. The van der Waals surface area contributed by atoms with Crippen LogP contribution in [0.15, 0.2) is 72.3 Å². The quantitative estimate of drug-likeness (QED) is 0.208. The van der Waals surface area contributed by atoms with Gasteiger partial charge in [0.25, 0.3) is 11.7 Å². The van der Waals surface area contributed by atoms with E-state index in [2.05, 4.69) is 20.8 Å². The van der Waals surface area contributed by atoms with Crippen molar-refractivity contribution < 1.29 is 24.2 Å². The highest BCUT2D eigenvalue weighted by Crippen LogP contribution is 2.41. The number of likely N-dealkylation sites (tertiary alicyclic amines) is 1. The van der Waals surface area contributed by atoms with E-state index in [1.165, 1.54) is 18.1 Å². The fourth-order valence-corrected chi connectivity index (χ4v) is 4.84. The highest BCUT2D eigenvalue weighted by molar-refractivity contribution is 6.46. The molecule has 0 aliphatic carbocycles. The molecule has 1 unspecified atom stereocenters. The average Bonchev–Trinajstić information content (AvgIpc) is 3.14. The molecule has 6 nitrogen and oxygen atoms in total. The monoisotopic (exact) mass is 533 g/mol. The number of rotatable bonds is 7. The smallest absolute Gasteiger partial charge is 0.295 e. The number of Topliss-reactive ketones (excluding diaryl/α,β-unsaturated/α-hetero) is 1. The average molecular weight is 534 g/mol. The number of nitrogens with zero attached hydrogens (tertiary/aromatic N) is 1. The van der Waals surface area contributed by atoms with Crippen LogP contribution in [0.1, 0.15) is 56.0 Å². The number of aliphatic hydroxyl groups excluding tert-OH is 1. The maximum atomic E-state index is 13.4. The molecule has 1 aliphatic rings. The molecular formula is C31H32ClNO5. The molecule has 7 heteroatoms. The molecule has 1 fully saturated rings. The van der Waals surface area contributed by atoms with E-state index in [1.54, 1.807) is 12.1 Å². The van der Waals surface area contributed by atoms with Gasteiger partial charge in [-0.2, -0.15) is 0 Å². The number of benzene rings is 3. The summed E-state index contributed by atoms with van der Waals surface area (Å²) in [6.45, 7) is 9.00. The van der Waals surface area contributed by atoms with Gasteiger partial charge in [-0.25, -0.2) is 0 Å². The lowest BCUT2D eigenvalue weighted by atomic mass is 9.85. The number of carbonyl (C=O) groups is 2. The number of hydrogen-bond donors (Lipinski definition) is 1. The van der Waals surface area contributed by atoms with Gasteiger partial charge in [-0.1, -0.05) is 68.8 Å². The molecule has 4 rings (SSSR count). The Bertz CT molecular complexity index is 1370. The van der Waals surface area contributed by atoms with Crippen LogP contribution in [0.3, 0.4) is 0 Å². The molecule has 3 aromatic rings. The zero-order valence-electron chi connectivity index (χ0n) is 22.2. The molecule has 0 radical (unpaired) electrons. The minimum Gasteiger partial charge on any atom is -0.507 e. The van der Waals surface area contributed by atoms with Gasteiger partial charge in [0.15, 0.2) is 0 Å². The fourth-order valence-electron chi connectivity index (χ4n) is 4.58. The van der Waals surface area contributed by atoms with Crippen molar-refractivity contribution >= 4 is 29.1 Å². The van der Waals surface area contributed by atoms with Gasteiger partial charge in [0.05, 0.1) is 30.4 Å². The molecule has 1 amide bonds. The number of carbonyl (C=O) groups excluding carboxylic acids is 2. The number of methoxy groups -OCH3 is 1. The number of amides is 1. The maximum absolute atomic E-state index is 13.4. The van der Waals surface area contributed by atoms with Crippen molar-refractivity contribution in [3.05, 3.63) is 99.6 Å². The van der Waals surface area contributed by atoms with E-state index in [4.69, 9.17) is 21.1 Å². The molecule has 1 atom stereocenters. The van der Waals surface area contributed by atoms with Crippen molar-refractivity contribution in [2.45, 2.75) is 45.7 Å². The van der Waals surface area contributed by atoms with Crippen molar-refractivity contribution in [2.24, 2.45) is 0 Å². The fraction of sp³-hybridized carbons (Fsp3) is 0.290. The Morgan fingerprint density at radius 2 is 1.66 bits per heavy atom. The molecule has 1 aliphatic heterocycles. The molecule has 38 heavy (non-hydrogen) atoms. The number of hydrogen-bond acceptors (Lipinski definition) is 5. The summed E-state index contributed by atoms with van der Waals surface area (Å²) in [6.07, 6.45) is 0. The van der Waals surface area contributed by atoms with Crippen LogP contribution < -0.4 is 9.47 Å². The van der Waals surface area contributed by atoms with Crippen LogP contribution in [-0.4, -0.2) is 35.4 Å². The first kappa shape index (κ1) is 27.3. The second kappa shape index (κ2) is 10.9. The topological polar surface area (TPSA) is 76.1 Å². The lowest BCUT2D eigenvalue weighted by Crippen LogP contribution is -2.29. The third-order valence-corrected chi connectivity index (χ3v) is 6.94. The predicted octanol–water partition coefficient (Wildman–Crippen LogP) is 6.67. The lowest BCUT2D eigenvalue weighted by Gasteiger charge is -2.26. The van der Waals surface area contributed by atoms with Crippen molar-refractivity contribution in [1.29, 1.82) is 0 Å². The minimum atomic E-state index is -0.781. The van der Waals surface area contributed by atoms with E-state index < -0.39 is 17.7 Å². The molecule has 0 saturated carbocycles. The highest BCUT2D eigenvalue weighted by atomic mass is 35.5. The molecule has 1 heterocycles. The van der Waals surface area contributed by atoms with Crippen LogP contribution in [0.25, 0.3) is 5.76 Å². The van der Waals surface area contributed by atoms with Crippen LogP contribution in [0.4, 0.5) is 0 Å². The Kier molecular flexibility index (Phi) is 7.83. The molecule has 0 spiro atoms. The molecule has 3 aromatic carbocycles. The molecule has 1 N–H and O–H groups in total. The lowest BCUT2D eigenvalue weighted by molar-refractivity contribution is -0.140. The van der Waals surface area contributed by atoms with E-state index in [1.807, 2.05) is 55.5 Å². The van der Waals surface area contributed by atoms with Gasteiger partial charge in [-0.05, 0) is 59.4 Å². The summed E-state index contributed by atoms with van der Waals surface area (Å²) in [5.41, 5.74) is 2.95. The first-order chi connectivity index (χ1) is 18.0. The molecule has 0 bridgehead atoms. The zero-order chi connectivity index (χ0) is 27.6. The highest BCUT2D eigenvalue weighted by Gasteiger charge is 2.46. The van der Waals surface area contributed by atoms with Gasteiger partial charge in [0.2, 0.25) is 0 Å². The Labute approximate surface area is 228 Å². The third kappa shape index (κ3) is 5.41. The van der Waals surface area contributed by atoms with Crippen molar-refractivity contribution in [2.75, 3.05) is 13.7 Å². The van der Waals surface area contributed by atoms with Gasteiger partial charge < -0.3 is 19.5 Å².